The van der Waals surface area contributed by atoms with Gasteiger partial charge in [0.25, 0.3) is 5.91 Å². The highest BCUT2D eigenvalue weighted by Gasteiger charge is 2.26. The van der Waals surface area contributed by atoms with Crippen LogP contribution in [-0.2, 0) is 19.1 Å². The van der Waals surface area contributed by atoms with Crippen LogP contribution in [0.3, 0.4) is 0 Å². The van der Waals surface area contributed by atoms with Gasteiger partial charge in [0.2, 0.25) is 5.91 Å². The first-order chi connectivity index (χ1) is 15.8. The Morgan fingerprint density at radius 2 is 1.53 bits per heavy atom. The Balaban J connectivity index is -0.000000138. The molecule has 0 bridgehead atoms. The van der Waals surface area contributed by atoms with Crippen molar-refractivity contribution in [1.29, 1.82) is 0 Å². The molecule has 6 heteroatoms. The van der Waals surface area contributed by atoms with Gasteiger partial charge in [-0.2, -0.15) is 0 Å². The van der Waals surface area contributed by atoms with Crippen LogP contribution >= 0.6 is 0 Å². The number of hydrogen-bond donors (Lipinski definition) is 1. The maximum atomic E-state index is 11.4. The summed E-state index contributed by atoms with van der Waals surface area (Å²) in [6.07, 6.45) is 5.65. The van der Waals surface area contributed by atoms with Gasteiger partial charge < -0.3 is 15.0 Å². The van der Waals surface area contributed by atoms with Gasteiger partial charge in [-0.15, -0.1) is 0 Å². The van der Waals surface area contributed by atoms with E-state index in [1.807, 2.05) is 55.4 Å². The maximum absolute atomic E-state index is 11.4. The fourth-order valence-electron chi connectivity index (χ4n) is 2.58. The van der Waals surface area contributed by atoms with Gasteiger partial charge in [-0.3, -0.25) is 14.4 Å². The van der Waals surface area contributed by atoms with E-state index in [-0.39, 0.29) is 24.4 Å². The summed E-state index contributed by atoms with van der Waals surface area (Å²) >= 11 is 0. The predicted molar refractivity (Wildman–Crippen MR) is 149 cm³/mol. The number of carbonyl (C=O) groups is 3. The fourth-order valence-corrected chi connectivity index (χ4v) is 2.58. The van der Waals surface area contributed by atoms with Gasteiger partial charge >= 0.3 is 0 Å². The van der Waals surface area contributed by atoms with E-state index in [0.717, 1.165) is 25.1 Å². The second-order valence-electron chi connectivity index (χ2n) is 8.64. The summed E-state index contributed by atoms with van der Waals surface area (Å²) in [4.78, 5) is 34.8. The van der Waals surface area contributed by atoms with Crippen LogP contribution in [-0.4, -0.2) is 48.8 Å². The zero-order valence-corrected chi connectivity index (χ0v) is 24.7. The lowest BCUT2D eigenvalue weighted by atomic mass is 9.87. The maximum Gasteiger partial charge on any atom is 0.251 e. The number of rotatable bonds is 10. The van der Waals surface area contributed by atoms with Gasteiger partial charge in [-0.05, 0) is 24.8 Å². The van der Waals surface area contributed by atoms with Gasteiger partial charge in [-0.1, -0.05) is 89.2 Å². The SMILES string of the molecule is C=C1C=CC(=O)N1CC(C)(C)CCC.CC.CC.CC.CC(=O)NCCOCC(C)(C)C(C)=O.[HH]. The van der Waals surface area contributed by atoms with Crippen molar-refractivity contribution in [2.75, 3.05) is 26.3 Å². The minimum absolute atomic E-state index is 0. The number of amides is 2. The number of hydrogen-bond acceptors (Lipinski definition) is 4. The van der Waals surface area contributed by atoms with E-state index in [9.17, 15) is 14.4 Å². The van der Waals surface area contributed by atoms with Crippen LogP contribution < -0.4 is 5.32 Å². The molecule has 0 radical (unpaired) electrons. The Labute approximate surface area is 213 Å². The van der Waals surface area contributed by atoms with E-state index in [1.54, 1.807) is 24.0 Å². The molecule has 34 heavy (non-hydrogen) atoms. The zero-order valence-electron chi connectivity index (χ0n) is 24.7. The van der Waals surface area contributed by atoms with Crippen molar-refractivity contribution in [3.8, 4) is 0 Å². The second-order valence-corrected chi connectivity index (χ2v) is 8.64. The first-order valence-electron chi connectivity index (χ1n) is 12.8. The third kappa shape index (κ3) is 20.6. The average Bonchev–Trinajstić information content (AvgIpc) is 3.09. The van der Waals surface area contributed by atoms with Crippen LogP contribution in [0.15, 0.2) is 24.4 Å². The monoisotopic (exact) mass is 486 g/mol. The Morgan fingerprint density at radius 1 is 1.03 bits per heavy atom. The van der Waals surface area contributed by atoms with Gasteiger partial charge in [0.05, 0.1) is 13.2 Å². The number of nitrogens with zero attached hydrogens (tertiary/aromatic N) is 1. The number of allylic oxidation sites excluding steroid dienone is 1. The third-order valence-electron chi connectivity index (χ3n) is 4.58. The van der Waals surface area contributed by atoms with Crippen molar-refractivity contribution in [2.45, 2.75) is 103 Å². The van der Waals surface area contributed by atoms with E-state index in [1.165, 1.54) is 6.92 Å². The largest absolute Gasteiger partial charge is 0.379 e. The smallest absolute Gasteiger partial charge is 0.251 e. The molecule has 0 aromatic rings. The molecule has 0 aromatic heterocycles. The molecule has 204 valence electrons. The van der Waals surface area contributed by atoms with Crippen molar-refractivity contribution in [3.05, 3.63) is 24.4 Å². The summed E-state index contributed by atoms with van der Waals surface area (Å²) in [7, 11) is 0. The number of nitrogens with one attached hydrogen (secondary N) is 1. The number of Topliss-reactive ketones (excluding diaryl/α,β-unsaturated/α-hetero) is 1. The highest BCUT2D eigenvalue weighted by molar-refractivity contribution is 5.93. The molecule has 0 spiro atoms. The molecule has 1 aliphatic rings. The molecule has 0 saturated heterocycles. The predicted octanol–water partition coefficient (Wildman–Crippen LogP) is 6.80. The molecular weight excluding hydrogens is 428 g/mol. The van der Waals surface area contributed by atoms with Crippen molar-refractivity contribution in [1.82, 2.24) is 10.2 Å². The van der Waals surface area contributed by atoms with Crippen molar-refractivity contribution >= 4 is 17.6 Å². The molecule has 0 fully saturated rings. The van der Waals surface area contributed by atoms with Crippen molar-refractivity contribution in [3.63, 3.8) is 0 Å². The van der Waals surface area contributed by atoms with Gasteiger partial charge in [0.1, 0.15) is 5.78 Å². The Hall–Kier alpha value is -1.95. The molecule has 6 nitrogen and oxygen atoms in total. The number of carbonyl (C=O) groups excluding carboxylic acids is 3. The summed E-state index contributed by atoms with van der Waals surface area (Å²) in [6, 6.07) is 0. The minimum atomic E-state index is -0.434. The second kappa shape index (κ2) is 22.8. The molecule has 2 amide bonds. The van der Waals surface area contributed by atoms with Gasteiger partial charge in [0.15, 0.2) is 0 Å². The van der Waals surface area contributed by atoms with E-state index < -0.39 is 5.41 Å². The zero-order chi connectivity index (χ0) is 28.0. The van der Waals surface area contributed by atoms with Crippen LogP contribution in [0.25, 0.3) is 0 Å². The van der Waals surface area contributed by atoms with Gasteiger partial charge in [-0.25, -0.2) is 0 Å². The topological polar surface area (TPSA) is 75.7 Å². The quantitative estimate of drug-likeness (QED) is 0.344. The number of ether oxygens (including phenoxy) is 1. The highest BCUT2D eigenvalue weighted by atomic mass is 16.5. The van der Waals surface area contributed by atoms with Gasteiger partial charge in [0, 0.05) is 38.6 Å². The lowest BCUT2D eigenvalue weighted by Gasteiger charge is -2.30. The van der Waals surface area contributed by atoms with E-state index >= 15 is 0 Å². The normalized spacial score (nSPS) is 12.1. The number of ketones is 1. The fraction of sp³-hybridized carbons (Fsp3) is 0.750. The molecule has 1 aliphatic heterocycles. The lowest BCUT2D eigenvalue weighted by molar-refractivity contribution is -0.128. The Bertz CT molecular complexity index is 582. The van der Waals surface area contributed by atoms with E-state index in [0.29, 0.717) is 19.8 Å². The van der Waals surface area contributed by atoms with Crippen LogP contribution in [0.1, 0.15) is 104 Å². The molecule has 0 atom stereocenters. The van der Waals surface area contributed by atoms with Crippen LogP contribution in [0, 0.1) is 10.8 Å². The van der Waals surface area contributed by atoms with E-state index in [2.05, 4.69) is 32.7 Å². The first-order valence-corrected chi connectivity index (χ1v) is 12.8. The van der Waals surface area contributed by atoms with E-state index in [4.69, 9.17) is 4.74 Å². The minimum Gasteiger partial charge on any atom is -0.379 e. The summed E-state index contributed by atoms with van der Waals surface area (Å²) in [5, 5.41) is 2.61. The van der Waals surface area contributed by atoms with Crippen molar-refractivity contribution in [2.24, 2.45) is 10.8 Å². The molecule has 0 saturated carbocycles. The van der Waals surface area contributed by atoms with Crippen LogP contribution in [0.5, 0.6) is 0 Å². The molecule has 0 aliphatic carbocycles. The molecular formula is C28H58N2O4. The standard InChI is InChI=1S/C12H19NO.C10H19NO3.3C2H6.H2/c1-5-8-12(3,4)9-13-10(2)6-7-11(13)14;1-8(12)10(3,4)7-14-6-5-11-9(2)13;3*1-2;/h6-7H,2,5,8-9H2,1,3-4H3;5-7H2,1-4H3,(H,11,13);3*1-2H3;1H. The Kier molecular flexibility index (Phi) is 26.4. The summed E-state index contributed by atoms with van der Waals surface area (Å²) < 4.78 is 5.27. The molecule has 1 heterocycles. The average molecular weight is 487 g/mol. The summed E-state index contributed by atoms with van der Waals surface area (Å²) in [5.41, 5.74) is 0.564. The Morgan fingerprint density at radius 3 is 1.88 bits per heavy atom. The molecule has 0 unspecified atom stereocenters. The molecule has 1 N–H and O–H groups in total. The molecule has 1 rings (SSSR count). The summed E-state index contributed by atoms with van der Waals surface area (Å²) in [5.74, 6) is 0.107. The lowest BCUT2D eigenvalue weighted by Crippen LogP contribution is -2.34. The highest BCUT2D eigenvalue weighted by Crippen LogP contribution is 2.27. The van der Waals surface area contributed by atoms with Crippen molar-refractivity contribution < 1.29 is 20.5 Å². The molecule has 0 aromatic carbocycles. The third-order valence-corrected chi connectivity index (χ3v) is 4.58. The van der Waals surface area contributed by atoms with Crippen LogP contribution in [0.4, 0.5) is 0 Å². The summed E-state index contributed by atoms with van der Waals surface area (Å²) in [6.45, 7) is 31.2. The first kappa shape index (κ1) is 39.3. The van der Waals surface area contributed by atoms with Crippen LogP contribution in [0.2, 0.25) is 0 Å².